The zero-order chi connectivity index (χ0) is 11.0. The largest absolute Gasteiger partial charge is 0.492 e. The molecular weight excluding hydrogens is 223 g/mol. The van der Waals surface area contributed by atoms with Crippen LogP contribution < -0.4 is 4.74 Å². The van der Waals surface area contributed by atoms with Crippen LogP contribution in [0.1, 0.15) is 11.5 Å². The Morgan fingerprint density at radius 1 is 1.67 bits per heavy atom. The van der Waals surface area contributed by atoms with Gasteiger partial charge >= 0.3 is 5.97 Å². The first kappa shape index (κ1) is 10.2. The Kier molecular flexibility index (Phi) is 2.52. The van der Waals surface area contributed by atoms with Crippen molar-refractivity contribution in [3.8, 4) is 5.75 Å². The maximum absolute atomic E-state index is 13.1. The van der Waals surface area contributed by atoms with Crippen LogP contribution in [0.4, 0.5) is 4.39 Å². The second kappa shape index (κ2) is 3.70. The molecule has 2 rings (SSSR count). The number of rotatable bonds is 1. The molecule has 0 bridgehead atoms. The smallest absolute Gasteiger partial charge is 0.316 e. The molecule has 1 aromatic carbocycles. The number of halogens is 2. The summed E-state index contributed by atoms with van der Waals surface area (Å²) in [6.07, 6.45) is 0. The molecule has 1 heterocycles. The number of fused-ring (bicyclic) bond motifs is 1. The molecule has 1 aliphatic heterocycles. The van der Waals surface area contributed by atoms with E-state index in [1.807, 2.05) is 0 Å². The highest BCUT2D eigenvalue weighted by Crippen LogP contribution is 2.37. The van der Waals surface area contributed by atoms with Gasteiger partial charge in [-0.25, -0.2) is 4.39 Å². The summed E-state index contributed by atoms with van der Waals surface area (Å²) in [4.78, 5) is 11.3. The summed E-state index contributed by atoms with van der Waals surface area (Å²) in [7, 11) is 1.30. The van der Waals surface area contributed by atoms with Crippen LogP contribution in [0.5, 0.6) is 5.75 Å². The number of esters is 1. The molecule has 1 aliphatic rings. The minimum Gasteiger partial charge on any atom is -0.492 e. The van der Waals surface area contributed by atoms with E-state index < -0.39 is 17.7 Å². The van der Waals surface area contributed by atoms with E-state index in [2.05, 4.69) is 4.74 Å². The standard InChI is InChI=1S/C10H8ClFO3/c1-14-10(13)6-4-15-9-3-8(12)7(11)2-5(6)9/h2-3,6H,4H2,1H3. The van der Waals surface area contributed by atoms with Gasteiger partial charge in [-0.1, -0.05) is 11.6 Å². The fraction of sp³-hybridized carbons (Fsp3) is 0.300. The molecule has 0 radical (unpaired) electrons. The molecule has 3 nitrogen and oxygen atoms in total. The van der Waals surface area contributed by atoms with Crippen molar-refractivity contribution in [2.75, 3.05) is 13.7 Å². The van der Waals surface area contributed by atoms with E-state index in [1.54, 1.807) is 0 Å². The highest BCUT2D eigenvalue weighted by Gasteiger charge is 2.32. The fourth-order valence-electron chi connectivity index (χ4n) is 1.54. The maximum Gasteiger partial charge on any atom is 0.316 e. The number of carbonyl (C=O) groups is 1. The Morgan fingerprint density at radius 3 is 3.07 bits per heavy atom. The molecule has 0 aromatic heterocycles. The third kappa shape index (κ3) is 1.65. The van der Waals surface area contributed by atoms with E-state index >= 15 is 0 Å². The second-order valence-corrected chi connectivity index (χ2v) is 3.60. The van der Waals surface area contributed by atoms with E-state index in [1.165, 1.54) is 19.2 Å². The summed E-state index contributed by atoms with van der Waals surface area (Å²) in [6.45, 7) is 0.168. The van der Waals surface area contributed by atoms with Crippen LogP contribution in [0, 0.1) is 5.82 Å². The minimum absolute atomic E-state index is 0.0202. The molecule has 0 fully saturated rings. The summed E-state index contributed by atoms with van der Waals surface area (Å²) in [5.41, 5.74) is 0.577. The van der Waals surface area contributed by atoms with Crippen LogP contribution in [0.15, 0.2) is 12.1 Å². The van der Waals surface area contributed by atoms with Crippen molar-refractivity contribution in [2.45, 2.75) is 5.92 Å². The molecule has 0 spiro atoms. The van der Waals surface area contributed by atoms with Gasteiger partial charge in [-0.05, 0) is 6.07 Å². The van der Waals surface area contributed by atoms with Crippen molar-refractivity contribution in [3.05, 3.63) is 28.5 Å². The molecular formula is C10H8ClFO3. The van der Waals surface area contributed by atoms with E-state index in [9.17, 15) is 9.18 Å². The predicted octanol–water partition coefficient (Wildman–Crippen LogP) is 2.13. The van der Waals surface area contributed by atoms with Crippen LogP contribution >= 0.6 is 11.6 Å². The van der Waals surface area contributed by atoms with Crippen LogP contribution in [0.3, 0.4) is 0 Å². The topological polar surface area (TPSA) is 35.5 Å². The zero-order valence-corrected chi connectivity index (χ0v) is 8.68. The lowest BCUT2D eigenvalue weighted by atomic mass is 10.0. The van der Waals surface area contributed by atoms with Crippen LogP contribution in [0.25, 0.3) is 0 Å². The van der Waals surface area contributed by atoms with Gasteiger partial charge in [0.2, 0.25) is 0 Å². The Labute approximate surface area is 90.7 Å². The van der Waals surface area contributed by atoms with Gasteiger partial charge < -0.3 is 9.47 Å². The molecule has 80 valence electrons. The van der Waals surface area contributed by atoms with Gasteiger partial charge in [0.15, 0.2) is 0 Å². The number of methoxy groups -OCH3 is 1. The van der Waals surface area contributed by atoms with Crippen LogP contribution in [-0.2, 0) is 9.53 Å². The number of ether oxygens (including phenoxy) is 2. The van der Waals surface area contributed by atoms with Crippen LogP contribution in [-0.4, -0.2) is 19.7 Å². The van der Waals surface area contributed by atoms with E-state index in [0.717, 1.165) is 0 Å². The molecule has 0 saturated carbocycles. The maximum atomic E-state index is 13.1. The minimum atomic E-state index is -0.555. The Morgan fingerprint density at radius 2 is 2.40 bits per heavy atom. The number of benzene rings is 1. The summed E-state index contributed by atoms with van der Waals surface area (Å²) < 4.78 is 22.8. The van der Waals surface area contributed by atoms with E-state index in [-0.39, 0.29) is 11.6 Å². The van der Waals surface area contributed by atoms with Gasteiger partial charge in [0, 0.05) is 11.6 Å². The number of carbonyl (C=O) groups excluding carboxylic acids is 1. The molecule has 5 heteroatoms. The SMILES string of the molecule is COC(=O)C1COc2cc(F)c(Cl)cc21. The third-order valence-corrected chi connectivity index (χ3v) is 2.61. The first-order valence-corrected chi connectivity index (χ1v) is 4.71. The van der Waals surface area contributed by atoms with Crippen LogP contribution in [0.2, 0.25) is 5.02 Å². The molecule has 15 heavy (non-hydrogen) atoms. The first-order chi connectivity index (χ1) is 7.13. The van der Waals surface area contributed by atoms with Crippen molar-refractivity contribution >= 4 is 17.6 Å². The van der Waals surface area contributed by atoms with Gasteiger partial charge in [0.05, 0.1) is 12.1 Å². The summed E-state index contributed by atoms with van der Waals surface area (Å²) >= 11 is 5.62. The molecule has 0 aliphatic carbocycles. The highest BCUT2D eigenvalue weighted by atomic mass is 35.5. The average molecular weight is 231 g/mol. The Balaban J connectivity index is 2.42. The molecule has 0 saturated heterocycles. The summed E-state index contributed by atoms with van der Waals surface area (Å²) in [5, 5.41) is -0.0202. The third-order valence-electron chi connectivity index (χ3n) is 2.32. The predicted molar refractivity (Wildman–Crippen MR) is 51.7 cm³/mol. The van der Waals surface area contributed by atoms with Crippen molar-refractivity contribution < 1.29 is 18.7 Å². The molecule has 0 amide bonds. The van der Waals surface area contributed by atoms with E-state index in [4.69, 9.17) is 16.3 Å². The average Bonchev–Trinajstić information content (AvgIpc) is 2.61. The molecule has 1 unspecified atom stereocenters. The summed E-state index contributed by atoms with van der Waals surface area (Å²) in [5.74, 6) is -1.12. The lowest BCUT2D eigenvalue weighted by Gasteiger charge is -2.05. The number of hydrogen-bond acceptors (Lipinski definition) is 3. The fourth-order valence-corrected chi connectivity index (χ4v) is 1.71. The van der Waals surface area contributed by atoms with Crippen molar-refractivity contribution in [1.29, 1.82) is 0 Å². The summed E-state index contributed by atoms with van der Waals surface area (Å²) in [6, 6.07) is 2.58. The van der Waals surface area contributed by atoms with Crippen molar-refractivity contribution in [2.24, 2.45) is 0 Å². The zero-order valence-electron chi connectivity index (χ0n) is 7.92. The monoisotopic (exact) mass is 230 g/mol. The Bertz CT molecular complexity index is 419. The molecule has 1 atom stereocenters. The van der Waals surface area contributed by atoms with Gasteiger partial charge in [-0.3, -0.25) is 4.79 Å². The Hall–Kier alpha value is -1.29. The number of hydrogen-bond donors (Lipinski definition) is 0. The normalized spacial score (nSPS) is 18.2. The van der Waals surface area contributed by atoms with E-state index in [0.29, 0.717) is 11.3 Å². The lowest BCUT2D eigenvalue weighted by Crippen LogP contribution is -2.15. The van der Waals surface area contributed by atoms with Crippen molar-refractivity contribution in [1.82, 2.24) is 0 Å². The van der Waals surface area contributed by atoms with Gasteiger partial charge in [0.1, 0.15) is 24.1 Å². The lowest BCUT2D eigenvalue weighted by molar-refractivity contribution is -0.142. The van der Waals surface area contributed by atoms with Gasteiger partial charge in [0.25, 0.3) is 0 Å². The van der Waals surface area contributed by atoms with Crippen molar-refractivity contribution in [3.63, 3.8) is 0 Å². The van der Waals surface area contributed by atoms with Gasteiger partial charge in [-0.2, -0.15) is 0 Å². The van der Waals surface area contributed by atoms with Gasteiger partial charge in [-0.15, -0.1) is 0 Å². The quantitative estimate of drug-likeness (QED) is 0.694. The first-order valence-electron chi connectivity index (χ1n) is 4.33. The second-order valence-electron chi connectivity index (χ2n) is 3.19. The molecule has 0 N–H and O–H groups in total. The molecule has 1 aromatic rings. The highest BCUT2D eigenvalue weighted by molar-refractivity contribution is 6.30.